The Balaban J connectivity index is 1.63. The molecule has 130 valence electrons. The van der Waals surface area contributed by atoms with Crippen molar-refractivity contribution in [3.8, 4) is 0 Å². The molecule has 1 saturated carbocycles. The first kappa shape index (κ1) is 16.7. The number of nitrogens with one attached hydrogen (secondary N) is 1. The average molecular weight is 331 g/mol. The Labute approximate surface area is 142 Å². The fourth-order valence-electron chi connectivity index (χ4n) is 3.47. The number of rotatable bonds is 5. The molecular weight excluding hydrogens is 306 g/mol. The van der Waals surface area contributed by atoms with E-state index in [1.54, 1.807) is 19.3 Å². The van der Waals surface area contributed by atoms with Crippen molar-refractivity contribution in [1.29, 1.82) is 0 Å². The summed E-state index contributed by atoms with van der Waals surface area (Å²) < 4.78 is 5.50. The lowest BCUT2D eigenvalue weighted by Gasteiger charge is -2.25. The number of ether oxygens (including phenoxy) is 1. The molecule has 0 bridgehead atoms. The molecule has 0 radical (unpaired) electrons. The van der Waals surface area contributed by atoms with Crippen LogP contribution in [0.25, 0.3) is 0 Å². The minimum Gasteiger partial charge on any atom is -0.384 e. The maximum absolute atomic E-state index is 12.1. The molecule has 2 fully saturated rings. The molecule has 7 nitrogen and oxygen atoms in total. The van der Waals surface area contributed by atoms with Gasteiger partial charge in [0, 0.05) is 32.3 Å². The zero-order valence-corrected chi connectivity index (χ0v) is 14.1. The van der Waals surface area contributed by atoms with Crippen LogP contribution in [0.3, 0.4) is 0 Å². The molecule has 0 spiro atoms. The SMILES string of the molecule is CO[C@@H]1C[C@H](CNC(=O)C=C2CCCC2)N(c2cc(N)ncn2)C1. The second-order valence-electron chi connectivity index (χ2n) is 6.46. The van der Waals surface area contributed by atoms with Crippen molar-refractivity contribution < 1.29 is 9.53 Å². The summed E-state index contributed by atoms with van der Waals surface area (Å²) in [4.78, 5) is 22.5. The van der Waals surface area contributed by atoms with Crippen LogP contribution in [-0.2, 0) is 9.53 Å². The summed E-state index contributed by atoms with van der Waals surface area (Å²) in [5.41, 5.74) is 7.02. The predicted octanol–water partition coefficient (Wildman–Crippen LogP) is 1.27. The summed E-state index contributed by atoms with van der Waals surface area (Å²) in [6.45, 7) is 1.29. The first-order valence-electron chi connectivity index (χ1n) is 8.50. The average Bonchev–Trinajstić information content (AvgIpc) is 3.22. The standard InChI is InChI=1S/C17H25N5O2/c1-24-14-7-13(9-19-17(23)6-12-4-2-3-5-12)22(10-14)16-8-15(18)20-11-21-16/h6,8,11,13-14H,2-5,7,9-10H2,1H3,(H,19,23)(H2,18,20,21)/t13-,14-/m1/s1. The smallest absolute Gasteiger partial charge is 0.244 e. The lowest BCUT2D eigenvalue weighted by Crippen LogP contribution is -2.40. The van der Waals surface area contributed by atoms with E-state index >= 15 is 0 Å². The lowest BCUT2D eigenvalue weighted by molar-refractivity contribution is -0.116. The molecule has 0 aromatic carbocycles. The van der Waals surface area contributed by atoms with E-state index in [0.29, 0.717) is 12.4 Å². The van der Waals surface area contributed by atoms with Gasteiger partial charge in [-0.3, -0.25) is 4.79 Å². The molecule has 3 N–H and O–H groups in total. The van der Waals surface area contributed by atoms with Crippen LogP contribution in [0, 0.1) is 0 Å². The third-order valence-electron chi connectivity index (χ3n) is 4.77. The fourth-order valence-corrected chi connectivity index (χ4v) is 3.47. The Hall–Kier alpha value is -2.15. The van der Waals surface area contributed by atoms with Crippen LogP contribution in [0.2, 0.25) is 0 Å². The van der Waals surface area contributed by atoms with Crippen LogP contribution in [0.1, 0.15) is 32.1 Å². The van der Waals surface area contributed by atoms with E-state index < -0.39 is 0 Å². The van der Waals surface area contributed by atoms with Crippen LogP contribution in [-0.4, -0.2) is 48.2 Å². The zero-order chi connectivity index (χ0) is 16.9. The van der Waals surface area contributed by atoms with Crippen molar-refractivity contribution in [1.82, 2.24) is 15.3 Å². The number of aromatic nitrogens is 2. The highest BCUT2D eigenvalue weighted by Gasteiger charge is 2.33. The zero-order valence-electron chi connectivity index (χ0n) is 14.1. The van der Waals surface area contributed by atoms with E-state index in [2.05, 4.69) is 20.2 Å². The van der Waals surface area contributed by atoms with Gasteiger partial charge in [0.05, 0.1) is 12.1 Å². The first-order chi connectivity index (χ1) is 11.7. The number of allylic oxidation sites excluding steroid dienone is 1. The number of anilines is 2. The molecule has 7 heteroatoms. The first-order valence-corrected chi connectivity index (χ1v) is 8.50. The molecule has 1 aromatic heterocycles. The van der Waals surface area contributed by atoms with E-state index in [0.717, 1.165) is 31.6 Å². The van der Waals surface area contributed by atoms with E-state index in [1.165, 1.54) is 24.7 Å². The number of hydrogen-bond donors (Lipinski definition) is 2. The van der Waals surface area contributed by atoms with Gasteiger partial charge in [0.25, 0.3) is 0 Å². The van der Waals surface area contributed by atoms with Gasteiger partial charge in [-0.05, 0) is 32.1 Å². The summed E-state index contributed by atoms with van der Waals surface area (Å²) in [5.74, 6) is 1.21. The molecule has 2 heterocycles. The summed E-state index contributed by atoms with van der Waals surface area (Å²) in [6.07, 6.45) is 8.69. The van der Waals surface area contributed by atoms with E-state index in [-0.39, 0.29) is 18.1 Å². The number of nitrogens with two attached hydrogens (primary N) is 1. The van der Waals surface area contributed by atoms with Gasteiger partial charge in [0.1, 0.15) is 18.0 Å². The van der Waals surface area contributed by atoms with Gasteiger partial charge in [0.2, 0.25) is 5.91 Å². The normalized spacial score (nSPS) is 23.5. The van der Waals surface area contributed by atoms with E-state index in [1.807, 2.05) is 0 Å². The van der Waals surface area contributed by atoms with Gasteiger partial charge >= 0.3 is 0 Å². The second kappa shape index (κ2) is 7.61. The quantitative estimate of drug-likeness (QED) is 0.789. The molecule has 24 heavy (non-hydrogen) atoms. The number of methoxy groups -OCH3 is 1. The molecule has 1 aromatic rings. The van der Waals surface area contributed by atoms with Gasteiger partial charge in [-0.15, -0.1) is 0 Å². The summed E-state index contributed by atoms with van der Waals surface area (Å²) in [5, 5.41) is 3.02. The minimum absolute atomic E-state index is 0.00471. The third kappa shape index (κ3) is 4.03. The summed E-state index contributed by atoms with van der Waals surface area (Å²) in [7, 11) is 1.71. The molecule has 1 amide bonds. The van der Waals surface area contributed by atoms with Crippen molar-refractivity contribution in [2.75, 3.05) is 30.8 Å². The topological polar surface area (TPSA) is 93.4 Å². The molecule has 2 aliphatic rings. The van der Waals surface area contributed by atoms with Gasteiger partial charge in [-0.1, -0.05) is 5.57 Å². The van der Waals surface area contributed by atoms with Crippen molar-refractivity contribution in [2.45, 2.75) is 44.2 Å². The van der Waals surface area contributed by atoms with Crippen molar-refractivity contribution in [3.63, 3.8) is 0 Å². The third-order valence-corrected chi connectivity index (χ3v) is 4.77. The molecule has 1 saturated heterocycles. The second-order valence-corrected chi connectivity index (χ2v) is 6.46. The Bertz CT molecular complexity index is 611. The summed E-state index contributed by atoms with van der Waals surface area (Å²) >= 11 is 0. The van der Waals surface area contributed by atoms with Crippen LogP contribution in [0.5, 0.6) is 0 Å². The van der Waals surface area contributed by atoms with Crippen LogP contribution >= 0.6 is 0 Å². The highest BCUT2D eigenvalue weighted by molar-refractivity contribution is 5.88. The van der Waals surface area contributed by atoms with E-state index in [9.17, 15) is 4.79 Å². The maximum atomic E-state index is 12.1. The van der Waals surface area contributed by atoms with Crippen molar-refractivity contribution in [3.05, 3.63) is 24.0 Å². The molecular formula is C17H25N5O2. The number of carbonyl (C=O) groups is 1. The molecule has 1 aliphatic heterocycles. The van der Waals surface area contributed by atoms with Gasteiger partial charge < -0.3 is 20.7 Å². The Morgan fingerprint density at radius 2 is 2.25 bits per heavy atom. The highest BCUT2D eigenvalue weighted by atomic mass is 16.5. The van der Waals surface area contributed by atoms with Crippen LogP contribution < -0.4 is 16.0 Å². The number of amides is 1. The molecule has 0 unspecified atom stereocenters. The largest absolute Gasteiger partial charge is 0.384 e. The summed E-state index contributed by atoms with van der Waals surface area (Å²) in [6, 6.07) is 1.89. The predicted molar refractivity (Wildman–Crippen MR) is 92.6 cm³/mol. The number of nitrogens with zero attached hydrogens (tertiary/aromatic N) is 3. The van der Waals surface area contributed by atoms with E-state index in [4.69, 9.17) is 10.5 Å². The number of nitrogen functional groups attached to an aromatic ring is 1. The Morgan fingerprint density at radius 3 is 2.96 bits per heavy atom. The van der Waals surface area contributed by atoms with Gasteiger partial charge in [0.15, 0.2) is 0 Å². The highest BCUT2D eigenvalue weighted by Crippen LogP contribution is 2.26. The number of carbonyl (C=O) groups excluding carboxylic acids is 1. The van der Waals surface area contributed by atoms with Crippen molar-refractivity contribution in [2.24, 2.45) is 0 Å². The monoisotopic (exact) mass is 331 g/mol. The maximum Gasteiger partial charge on any atom is 0.244 e. The Morgan fingerprint density at radius 1 is 1.46 bits per heavy atom. The molecule has 2 atom stereocenters. The minimum atomic E-state index is -0.00471. The van der Waals surface area contributed by atoms with Crippen LogP contribution in [0.15, 0.2) is 24.0 Å². The van der Waals surface area contributed by atoms with Crippen molar-refractivity contribution >= 4 is 17.5 Å². The lowest BCUT2D eigenvalue weighted by atomic mass is 10.2. The Kier molecular flexibility index (Phi) is 5.30. The number of hydrogen-bond acceptors (Lipinski definition) is 6. The van der Waals surface area contributed by atoms with Gasteiger partial charge in [-0.2, -0.15) is 0 Å². The van der Waals surface area contributed by atoms with Crippen LogP contribution in [0.4, 0.5) is 11.6 Å². The molecule has 1 aliphatic carbocycles. The fraction of sp³-hybridized carbons (Fsp3) is 0.588. The molecule has 3 rings (SSSR count). The van der Waals surface area contributed by atoms with Gasteiger partial charge in [-0.25, -0.2) is 9.97 Å².